The summed E-state index contributed by atoms with van der Waals surface area (Å²) in [6.07, 6.45) is 6.62. The van der Waals surface area contributed by atoms with E-state index in [2.05, 4.69) is 48.3 Å². The molecule has 2 fully saturated rings. The van der Waals surface area contributed by atoms with Gasteiger partial charge in [-0.25, -0.2) is 4.68 Å². The molecular weight excluding hydrogens is 426 g/mol. The van der Waals surface area contributed by atoms with Crippen LogP contribution in [-0.2, 0) is 11.3 Å². The normalized spacial score (nSPS) is 19.6. The van der Waals surface area contributed by atoms with Crippen LogP contribution in [0.5, 0.6) is 0 Å². The first kappa shape index (κ1) is 19.1. The molecule has 3 heterocycles. The van der Waals surface area contributed by atoms with Gasteiger partial charge in [-0.3, -0.25) is 14.6 Å². The van der Waals surface area contributed by atoms with E-state index in [1.54, 1.807) is 17.5 Å². The lowest BCUT2D eigenvalue weighted by Gasteiger charge is -2.34. The Morgan fingerprint density at radius 3 is 2.59 bits per heavy atom. The SMILES string of the molecule is O=C(CN1CCN(Cc2ccc(Br)s2)CC1)Nc1ccnn1C1CCCC1. The number of nitrogens with zero attached hydrogens (tertiary/aromatic N) is 4. The van der Waals surface area contributed by atoms with Crippen molar-refractivity contribution in [3.63, 3.8) is 0 Å². The maximum absolute atomic E-state index is 12.5. The summed E-state index contributed by atoms with van der Waals surface area (Å²) in [5.41, 5.74) is 0. The number of anilines is 1. The van der Waals surface area contributed by atoms with Crippen LogP contribution in [0.2, 0.25) is 0 Å². The fourth-order valence-corrected chi connectivity index (χ4v) is 5.53. The number of carbonyl (C=O) groups is 1. The average Bonchev–Trinajstić information content (AvgIpc) is 3.39. The molecule has 1 saturated carbocycles. The van der Waals surface area contributed by atoms with Crippen molar-refractivity contribution in [3.8, 4) is 0 Å². The van der Waals surface area contributed by atoms with Crippen molar-refractivity contribution in [2.75, 3.05) is 38.0 Å². The third-order valence-corrected chi connectivity index (χ3v) is 7.06. The zero-order chi connectivity index (χ0) is 18.6. The van der Waals surface area contributed by atoms with E-state index in [9.17, 15) is 4.79 Å². The van der Waals surface area contributed by atoms with E-state index in [4.69, 9.17) is 0 Å². The van der Waals surface area contributed by atoms with Crippen molar-refractivity contribution in [3.05, 3.63) is 33.1 Å². The molecule has 2 aromatic heterocycles. The molecular formula is C19H26BrN5OS. The van der Waals surface area contributed by atoms with Crippen molar-refractivity contribution in [2.45, 2.75) is 38.3 Å². The van der Waals surface area contributed by atoms with Gasteiger partial charge in [0.05, 0.1) is 22.6 Å². The zero-order valence-corrected chi connectivity index (χ0v) is 17.8. The first-order valence-electron chi connectivity index (χ1n) is 9.70. The van der Waals surface area contributed by atoms with Crippen molar-refractivity contribution in [1.29, 1.82) is 0 Å². The van der Waals surface area contributed by atoms with Gasteiger partial charge in [0, 0.05) is 43.7 Å². The van der Waals surface area contributed by atoms with Gasteiger partial charge in [0.15, 0.2) is 0 Å². The van der Waals surface area contributed by atoms with Crippen LogP contribution < -0.4 is 5.32 Å². The van der Waals surface area contributed by atoms with Crippen molar-refractivity contribution < 1.29 is 4.79 Å². The molecule has 1 amide bonds. The number of aromatic nitrogens is 2. The van der Waals surface area contributed by atoms with Gasteiger partial charge < -0.3 is 5.32 Å². The molecule has 2 aromatic rings. The molecule has 0 atom stereocenters. The minimum Gasteiger partial charge on any atom is -0.310 e. The Bertz CT molecular complexity index is 762. The van der Waals surface area contributed by atoms with Crippen LogP contribution in [0.1, 0.15) is 36.6 Å². The molecule has 0 radical (unpaired) electrons. The second-order valence-electron chi connectivity index (χ2n) is 7.41. The van der Waals surface area contributed by atoms with Crippen LogP contribution in [0.25, 0.3) is 0 Å². The molecule has 146 valence electrons. The average molecular weight is 452 g/mol. The Hall–Kier alpha value is -1.22. The minimum absolute atomic E-state index is 0.0605. The Labute approximate surface area is 172 Å². The fourth-order valence-electron chi connectivity index (χ4n) is 4.00. The van der Waals surface area contributed by atoms with Gasteiger partial charge in [-0.1, -0.05) is 12.8 Å². The van der Waals surface area contributed by atoms with Crippen LogP contribution in [0.4, 0.5) is 5.82 Å². The second kappa shape index (κ2) is 8.86. The molecule has 1 aliphatic carbocycles. The predicted octanol–water partition coefficient (Wildman–Crippen LogP) is 3.58. The lowest BCUT2D eigenvalue weighted by Crippen LogP contribution is -2.48. The van der Waals surface area contributed by atoms with Crippen molar-refractivity contribution >= 4 is 39.0 Å². The maximum Gasteiger partial charge on any atom is 0.239 e. The van der Waals surface area contributed by atoms with Crippen LogP contribution in [0.3, 0.4) is 0 Å². The van der Waals surface area contributed by atoms with Gasteiger partial charge in [-0.15, -0.1) is 11.3 Å². The molecule has 0 unspecified atom stereocenters. The summed E-state index contributed by atoms with van der Waals surface area (Å²) in [6, 6.07) is 6.64. The molecule has 0 spiro atoms. The van der Waals surface area contributed by atoms with Crippen LogP contribution in [-0.4, -0.2) is 58.2 Å². The van der Waals surface area contributed by atoms with E-state index < -0.39 is 0 Å². The van der Waals surface area contributed by atoms with Crippen molar-refractivity contribution in [2.24, 2.45) is 0 Å². The van der Waals surface area contributed by atoms with Gasteiger partial charge >= 0.3 is 0 Å². The minimum atomic E-state index is 0.0605. The Morgan fingerprint density at radius 1 is 1.15 bits per heavy atom. The quantitative estimate of drug-likeness (QED) is 0.728. The Balaban J connectivity index is 1.23. The zero-order valence-electron chi connectivity index (χ0n) is 15.4. The topological polar surface area (TPSA) is 53.4 Å². The smallest absolute Gasteiger partial charge is 0.239 e. The van der Waals surface area contributed by atoms with Gasteiger partial charge in [-0.05, 0) is 40.9 Å². The summed E-state index contributed by atoms with van der Waals surface area (Å²) in [5.74, 6) is 0.902. The van der Waals surface area contributed by atoms with Crippen molar-refractivity contribution in [1.82, 2.24) is 19.6 Å². The standard InChI is InChI=1S/C19H26BrN5OS/c20-17-6-5-16(27-17)13-23-9-11-24(12-10-23)14-19(26)22-18-7-8-21-25(18)15-3-1-2-4-15/h5-8,15H,1-4,9-14H2,(H,22,26). The van der Waals surface area contributed by atoms with Crippen LogP contribution in [0.15, 0.2) is 28.2 Å². The molecule has 0 aromatic carbocycles. The van der Waals surface area contributed by atoms with Crippen LogP contribution >= 0.6 is 27.3 Å². The van der Waals surface area contributed by atoms with Crippen LogP contribution in [0, 0.1) is 0 Å². The van der Waals surface area contributed by atoms with E-state index in [1.807, 2.05) is 10.7 Å². The van der Waals surface area contributed by atoms with E-state index in [0.717, 1.165) is 51.4 Å². The summed E-state index contributed by atoms with van der Waals surface area (Å²) >= 11 is 5.32. The molecule has 2 aliphatic rings. The molecule has 1 N–H and O–H groups in total. The van der Waals surface area contributed by atoms with E-state index >= 15 is 0 Å². The second-order valence-corrected chi connectivity index (χ2v) is 9.95. The third-order valence-electron chi connectivity index (χ3n) is 5.45. The summed E-state index contributed by atoms with van der Waals surface area (Å²) in [7, 11) is 0. The molecule has 0 bridgehead atoms. The highest BCUT2D eigenvalue weighted by molar-refractivity contribution is 9.11. The number of piperazine rings is 1. The molecule has 8 heteroatoms. The monoisotopic (exact) mass is 451 g/mol. The van der Waals surface area contributed by atoms with Gasteiger partial charge in [-0.2, -0.15) is 5.10 Å². The number of amides is 1. The number of thiophene rings is 1. The lowest BCUT2D eigenvalue weighted by molar-refractivity contribution is -0.117. The highest BCUT2D eigenvalue weighted by Gasteiger charge is 2.22. The van der Waals surface area contributed by atoms with Gasteiger partial charge in [0.2, 0.25) is 5.91 Å². The number of halogens is 1. The molecule has 4 rings (SSSR count). The van der Waals surface area contributed by atoms with Gasteiger partial charge in [0.1, 0.15) is 5.82 Å². The number of hydrogen-bond donors (Lipinski definition) is 1. The molecule has 27 heavy (non-hydrogen) atoms. The molecule has 6 nitrogen and oxygen atoms in total. The van der Waals surface area contributed by atoms with E-state index in [0.29, 0.717) is 12.6 Å². The predicted molar refractivity (Wildman–Crippen MR) is 112 cm³/mol. The number of nitrogens with one attached hydrogen (secondary N) is 1. The number of rotatable bonds is 6. The Morgan fingerprint density at radius 2 is 1.89 bits per heavy atom. The first-order chi connectivity index (χ1) is 13.2. The summed E-state index contributed by atoms with van der Waals surface area (Å²) in [5, 5.41) is 7.50. The van der Waals surface area contributed by atoms with Gasteiger partial charge in [0.25, 0.3) is 0 Å². The highest BCUT2D eigenvalue weighted by Crippen LogP contribution is 2.31. The van der Waals surface area contributed by atoms with E-state index in [1.165, 1.54) is 21.5 Å². The highest BCUT2D eigenvalue weighted by atomic mass is 79.9. The summed E-state index contributed by atoms with van der Waals surface area (Å²) < 4.78 is 3.19. The number of hydrogen-bond acceptors (Lipinski definition) is 5. The molecule has 1 saturated heterocycles. The largest absolute Gasteiger partial charge is 0.310 e. The maximum atomic E-state index is 12.5. The summed E-state index contributed by atoms with van der Waals surface area (Å²) in [6.45, 7) is 5.32. The Kier molecular flexibility index (Phi) is 6.27. The van der Waals surface area contributed by atoms with E-state index in [-0.39, 0.29) is 5.91 Å². The lowest BCUT2D eigenvalue weighted by atomic mass is 10.2. The summed E-state index contributed by atoms with van der Waals surface area (Å²) in [4.78, 5) is 18.6. The first-order valence-corrected chi connectivity index (χ1v) is 11.3. The third kappa shape index (κ3) is 4.99. The number of carbonyl (C=O) groups excluding carboxylic acids is 1. The molecule has 1 aliphatic heterocycles. The fraction of sp³-hybridized carbons (Fsp3) is 0.579.